The van der Waals surface area contributed by atoms with Gasteiger partial charge >= 0.3 is 0 Å². The molecule has 0 aliphatic heterocycles. The SMILES string of the molecule is S=C(NCCc1c[nH]c2ccccc12)SCc1ccncc1. The third kappa shape index (κ3) is 3.87. The van der Waals surface area contributed by atoms with Crippen LogP contribution in [0.2, 0.25) is 0 Å². The minimum absolute atomic E-state index is 0.844. The number of fused-ring (bicyclic) bond motifs is 1. The molecular weight excluding hydrogens is 310 g/mol. The number of thiocarbonyl (C=S) groups is 1. The van der Waals surface area contributed by atoms with E-state index >= 15 is 0 Å². The Morgan fingerprint density at radius 1 is 1.18 bits per heavy atom. The zero-order valence-electron chi connectivity index (χ0n) is 12.1. The molecule has 2 aromatic heterocycles. The molecule has 112 valence electrons. The number of aromatic amines is 1. The van der Waals surface area contributed by atoms with Gasteiger partial charge in [-0.25, -0.2) is 0 Å². The average molecular weight is 327 g/mol. The second-order valence-electron chi connectivity index (χ2n) is 4.97. The summed E-state index contributed by atoms with van der Waals surface area (Å²) in [7, 11) is 0. The van der Waals surface area contributed by atoms with E-state index in [1.54, 1.807) is 11.8 Å². The highest BCUT2D eigenvalue weighted by atomic mass is 32.2. The Hall–Kier alpha value is -1.85. The lowest BCUT2D eigenvalue weighted by Crippen LogP contribution is -2.21. The van der Waals surface area contributed by atoms with Gasteiger partial charge in [0, 0.05) is 41.8 Å². The lowest BCUT2D eigenvalue weighted by atomic mass is 10.1. The summed E-state index contributed by atoms with van der Waals surface area (Å²) in [5.41, 5.74) is 3.75. The standard InChI is InChI=1S/C17H17N3S2/c21-17(22-12-13-5-8-18-9-6-13)19-10-7-14-11-20-16-4-2-1-3-15(14)16/h1-6,8-9,11,20H,7,10,12H2,(H,19,21). The topological polar surface area (TPSA) is 40.7 Å². The number of H-pyrrole nitrogens is 1. The van der Waals surface area contributed by atoms with Crippen molar-refractivity contribution in [3.05, 3.63) is 66.1 Å². The smallest absolute Gasteiger partial charge is 0.134 e. The van der Waals surface area contributed by atoms with E-state index in [0.717, 1.165) is 23.0 Å². The molecule has 2 N–H and O–H groups in total. The Bertz CT molecular complexity index is 753. The van der Waals surface area contributed by atoms with Crippen LogP contribution in [-0.2, 0) is 12.2 Å². The van der Waals surface area contributed by atoms with E-state index in [-0.39, 0.29) is 0 Å². The highest BCUT2D eigenvalue weighted by molar-refractivity contribution is 8.22. The maximum Gasteiger partial charge on any atom is 0.134 e. The van der Waals surface area contributed by atoms with Crippen LogP contribution in [0.5, 0.6) is 0 Å². The number of hydrogen-bond acceptors (Lipinski definition) is 3. The van der Waals surface area contributed by atoms with Gasteiger partial charge in [0.1, 0.15) is 4.32 Å². The van der Waals surface area contributed by atoms with Gasteiger partial charge in [-0.05, 0) is 35.7 Å². The quantitative estimate of drug-likeness (QED) is 0.697. The molecule has 0 aliphatic rings. The molecule has 1 aromatic carbocycles. The molecule has 2 heterocycles. The van der Waals surface area contributed by atoms with Crippen molar-refractivity contribution >= 4 is 39.2 Å². The molecule has 22 heavy (non-hydrogen) atoms. The van der Waals surface area contributed by atoms with Crippen molar-refractivity contribution < 1.29 is 0 Å². The van der Waals surface area contributed by atoms with Crippen molar-refractivity contribution in [1.29, 1.82) is 0 Å². The van der Waals surface area contributed by atoms with Gasteiger partial charge in [0.2, 0.25) is 0 Å². The van der Waals surface area contributed by atoms with Gasteiger partial charge in [0.05, 0.1) is 0 Å². The predicted octanol–water partition coefficient (Wildman–Crippen LogP) is 3.91. The molecule has 3 rings (SSSR count). The number of benzene rings is 1. The second kappa shape index (κ2) is 7.42. The molecule has 0 unspecified atom stereocenters. The monoisotopic (exact) mass is 327 g/mol. The fourth-order valence-corrected chi connectivity index (χ4v) is 3.29. The molecule has 0 amide bonds. The molecule has 0 fully saturated rings. The van der Waals surface area contributed by atoms with Gasteiger partial charge in [-0.2, -0.15) is 0 Å². The lowest BCUT2D eigenvalue weighted by Gasteiger charge is -2.07. The molecular formula is C17H17N3S2. The summed E-state index contributed by atoms with van der Waals surface area (Å²) >= 11 is 7.03. The van der Waals surface area contributed by atoms with Crippen molar-refractivity contribution in [2.75, 3.05) is 6.54 Å². The first-order valence-electron chi connectivity index (χ1n) is 7.17. The molecule has 0 saturated carbocycles. The number of nitrogens with one attached hydrogen (secondary N) is 2. The van der Waals surface area contributed by atoms with Crippen LogP contribution in [0.15, 0.2) is 55.0 Å². The molecule has 0 aliphatic carbocycles. The van der Waals surface area contributed by atoms with Crippen LogP contribution in [0.4, 0.5) is 0 Å². The lowest BCUT2D eigenvalue weighted by molar-refractivity contribution is 0.887. The summed E-state index contributed by atoms with van der Waals surface area (Å²) < 4.78 is 0.844. The van der Waals surface area contributed by atoms with Crippen LogP contribution < -0.4 is 5.32 Å². The van der Waals surface area contributed by atoms with Gasteiger partial charge in [-0.1, -0.05) is 42.2 Å². The molecule has 3 nitrogen and oxygen atoms in total. The van der Waals surface area contributed by atoms with E-state index in [4.69, 9.17) is 12.2 Å². The van der Waals surface area contributed by atoms with Crippen molar-refractivity contribution in [3.8, 4) is 0 Å². The zero-order chi connectivity index (χ0) is 15.2. The fourth-order valence-electron chi connectivity index (χ4n) is 2.32. The minimum Gasteiger partial charge on any atom is -0.371 e. The molecule has 0 radical (unpaired) electrons. The molecule has 3 aromatic rings. The first-order chi connectivity index (χ1) is 10.8. The largest absolute Gasteiger partial charge is 0.371 e. The van der Waals surface area contributed by atoms with Crippen molar-refractivity contribution in [2.24, 2.45) is 0 Å². The summed E-state index contributed by atoms with van der Waals surface area (Å²) in [6.07, 6.45) is 6.66. The van der Waals surface area contributed by atoms with Crippen molar-refractivity contribution in [1.82, 2.24) is 15.3 Å². The van der Waals surface area contributed by atoms with E-state index in [1.807, 2.05) is 30.6 Å². The van der Waals surface area contributed by atoms with Gasteiger partial charge in [0.25, 0.3) is 0 Å². The van der Waals surface area contributed by atoms with E-state index < -0.39 is 0 Å². The van der Waals surface area contributed by atoms with E-state index in [2.05, 4.69) is 39.7 Å². The fraction of sp³-hybridized carbons (Fsp3) is 0.176. The van der Waals surface area contributed by atoms with Crippen molar-refractivity contribution in [3.63, 3.8) is 0 Å². The molecule has 5 heteroatoms. The molecule has 0 atom stereocenters. The van der Waals surface area contributed by atoms with Gasteiger partial charge < -0.3 is 10.3 Å². The predicted molar refractivity (Wildman–Crippen MR) is 98.1 cm³/mol. The van der Waals surface area contributed by atoms with E-state index in [1.165, 1.54) is 22.0 Å². The normalized spacial score (nSPS) is 10.7. The van der Waals surface area contributed by atoms with Crippen LogP contribution >= 0.6 is 24.0 Å². The summed E-state index contributed by atoms with van der Waals surface area (Å²) in [4.78, 5) is 7.32. The minimum atomic E-state index is 0.844. The number of nitrogens with zero attached hydrogens (tertiary/aromatic N) is 1. The number of thioether (sulfide) groups is 1. The highest BCUT2D eigenvalue weighted by Crippen LogP contribution is 2.18. The Labute approximate surface area is 139 Å². The number of pyridine rings is 1. The Balaban J connectivity index is 1.45. The molecule has 0 spiro atoms. The first kappa shape index (κ1) is 15.1. The first-order valence-corrected chi connectivity index (χ1v) is 8.57. The van der Waals surface area contributed by atoms with Crippen LogP contribution in [0.3, 0.4) is 0 Å². The van der Waals surface area contributed by atoms with Crippen molar-refractivity contribution in [2.45, 2.75) is 12.2 Å². The van der Waals surface area contributed by atoms with Crippen LogP contribution in [0.1, 0.15) is 11.1 Å². The van der Waals surface area contributed by atoms with Crippen LogP contribution in [0.25, 0.3) is 10.9 Å². The Morgan fingerprint density at radius 3 is 2.86 bits per heavy atom. The van der Waals surface area contributed by atoms with E-state index in [9.17, 15) is 0 Å². The number of para-hydroxylation sites is 1. The van der Waals surface area contributed by atoms with Crippen LogP contribution in [0, 0.1) is 0 Å². The summed E-state index contributed by atoms with van der Waals surface area (Å²) in [6.45, 7) is 0.851. The third-order valence-corrected chi connectivity index (χ3v) is 4.84. The summed E-state index contributed by atoms with van der Waals surface area (Å²) in [5, 5.41) is 4.61. The Kier molecular flexibility index (Phi) is 5.08. The second-order valence-corrected chi connectivity index (χ2v) is 6.62. The average Bonchev–Trinajstić information content (AvgIpc) is 2.97. The number of rotatable bonds is 5. The molecule has 0 bridgehead atoms. The highest BCUT2D eigenvalue weighted by Gasteiger charge is 2.03. The zero-order valence-corrected chi connectivity index (χ0v) is 13.7. The van der Waals surface area contributed by atoms with Gasteiger partial charge in [-0.3, -0.25) is 4.98 Å². The number of aromatic nitrogens is 2. The Morgan fingerprint density at radius 2 is 2.00 bits per heavy atom. The maximum atomic E-state index is 5.37. The molecule has 0 saturated heterocycles. The van der Waals surface area contributed by atoms with Crippen LogP contribution in [-0.4, -0.2) is 20.8 Å². The summed E-state index contributed by atoms with van der Waals surface area (Å²) in [5.74, 6) is 0.876. The van der Waals surface area contributed by atoms with Gasteiger partial charge in [-0.15, -0.1) is 0 Å². The van der Waals surface area contributed by atoms with Gasteiger partial charge in [0.15, 0.2) is 0 Å². The summed E-state index contributed by atoms with van der Waals surface area (Å²) in [6, 6.07) is 12.4. The number of hydrogen-bond donors (Lipinski definition) is 2. The third-order valence-electron chi connectivity index (χ3n) is 3.46. The maximum absolute atomic E-state index is 5.37. The van der Waals surface area contributed by atoms with E-state index in [0.29, 0.717) is 0 Å².